The lowest BCUT2D eigenvalue weighted by molar-refractivity contribution is -0.438. The minimum absolute atomic E-state index is 0.0174. The Morgan fingerprint density at radius 2 is 1.22 bits per heavy atom. The van der Waals surface area contributed by atoms with Gasteiger partial charge >= 0.3 is 55.9 Å². The number of rotatable bonds is 35. The predicted octanol–water partition coefficient (Wildman–Crippen LogP) is 6.75. The van der Waals surface area contributed by atoms with Crippen molar-refractivity contribution in [2.45, 2.75) is 160 Å². The lowest BCUT2D eigenvalue weighted by atomic mass is 9.81. The summed E-state index contributed by atoms with van der Waals surface area (Å²) < 4.78 is 153. The summed E-state index contributed by atoms with van der Waals surface area (Å²) in [6.07, 6.45) is 12.3. The monoisotopic (exact) mass is 1590 g/mol. The molecule has 1 aliphatic carbocycles. The molecule has 107 heavy (non-hydrogen) atoms. The van der Waals surface area contributed by atoms with Crippen LogP contribution in [0.5, 0.6) is 5.75 Å². The van der Waals surface area contributed by atoms with Gasteiger partial charge in [-0.1, -0.05) is 98.8 Å². The number of allylic oxidation sites excluding steroid dienone is 7. The van der Waals surface area contributed by atoms with Gasteiger partial charge < -0.3 is 40.4 Å². The summed E-state index contributed by atoms with van der Waals surface area (Å²) in [7, 11) is -17.9. The number of urea groups is 1. The average Bonchev–Trinajstić information content (AvgIpc) is 1.60. The first-order chi connectivity index (χ1) is 50.3. The van der Waals surface area contributed by atoms with Crippen LogP contribution in [0.2, 0.25) is 0 Å². The van der Waals surface area contributed by atoms with Gasteiger partial charge in [-0.3, -0.25) is 23.7 Å². The van der Waals surface area contributed by atoms with E-state index < -0.39 is 116 Å². The van der Waals surface area contributed by atoms with Crippen molar-refractivity contribution in [2.24, 2.45) is 5.92 Å². The minimum Gasteiger partial charge on any atom is -0.748 e. The van der Waals surface area contributed by atoms with Crippen LogP contribution in [-0.4, -0.2) is 169 Å². The minimum atomic E-state index is -4.38. The van der Waals surface area contributed by atoms with E-state index in [0.717, 1.165) is 57.0 Å². The zero-order chi connectivity index (χ0) is 80.2. The van der Waals surface area contributed by atoms with Crippen molar-refractivity contribution < 1.29 is 122 Å². The Morgan fingerprint density at radius 3 is 1.81 bits per heavy atom. The molecule has 0 radical (unpaired) electrons. The maximum absolute atomic E-state index is 14.2. The highest BCUT2D eigenvalue weighted by atomic mass is 32.2. The Bertz CT molecular complexity index is 4510. The summed E-state index contributed by atoms with van der Waals surface area (Å²) in [6.45, 7) is 11.5. The highest BCUT2D eigenvalue weighted by Crippen LogP contribution is 2.48. The summed E-state index contributed by atoms with van der Waals surface area (Å²) in [5.74, 6) is -4.48. The first-order valence-corrected chi connectivity index (χ1v) is 39.7. The lowest BCUT2D eigenvalue weighted by Gasteiger charge is -2.28. The van der Waals surface area contributed by atoms with Gasteiger partial charge in [0.2, 0.25) is 11.6 Å². The van der Waals surface area contributed by atoms with Crippen LogP contribution in [0.4, 0.5) is 16.2 Å². The van der Waals surface area contributed by atoms with E-state index in [1.54, 1.807) is 43.3 Å². The maximum Gasteiger partial charge on any atom is 0.425 e. The summed E-state index contributed by atoms with van der Waals surface area (Å²) in [5.41, 5.74) is 8.45. The van der Waals surface area contributed by atoms with Crippen LogP contribution in [-0.2, 0) is 109 Å². The number of hydrogen-bond acceptors (Lipinski definition) is 24. The third kappa shape index (κ3) is 32.8. The number of carbonyl (C=O) groups is 6. The van der Waals surface area contributed by atoms with E-state index in [9.17, 15) is 64.9 Å². The molecule has 2 heterocycles. The van der Waals surface area contributed by atoms with Gasteiger partial charge in [-0.05, 0) is 150 Å². The molecule has 7 rings (SSSR count). The molecule has 3 aliphatic rings. The molecule has 0 unspecified atom stereocenters. The second-order valence-electron chi connectivity index (χ2n) is 25.6. The Morgan fingerprint density at radius 1 is 0.654 bits per heavy atom. The van der Waals surface area contributed by atoms with Gasteiger partial charge in [0.15, 0.2) is 11.5 Å². The van der Waals surface area contributed by atoms with Crippen LogP contribution in [0.15, 0.2) is 150 Å². The molecule has 0 fully saturated rings. The van der Waals surface area contributed by atoms with Gasteiger partial charge in [-0.25, -0.2) is 18.0 Å². The number of ether oxygens (including phenoxy) is 1. The Balaban J connectivity index is 0.00000181. The largest absolute Gasteiger partial charge is 0.748 e. The van der Waals surface area contributed by atoms with Crippen molar-refractivity contribution in [2.75, 3.05) is 36.0 Å². The van der Waals surface area contributed by atoms with Gasteiger partial charge in [0, 0.05) is 85.5 Å². The molecule has 3 atom stereocenters. The number of anilines is 1. The molecule has 4 aromatic rings. The zero-order valence-electron chi connectivity index (χ0n) is 59.4. The van der Waals surface area contributed by atoms with Crippen molar-refractivity contribution in [1.29, 1.82) is 0 Å². The van der Waals surface area contributed by atoms with Crippen LogP contribution in [0.3, 0.4) is 0 Å². The molecule has 4 aromatic carbocycles. The van der Waals surface area contributed by atoms with Crippen molar-refractivity contribution in [3.8, 4) is 5.75 Å². The Labute approximate surface area is 625 Å². The highest BCUT2D eigenvalue weighted by Gasteiger charge is 2.44. The molecule has 582 valence electrons. The Hall–Kier alpha value is -9.81. The van der Waals surface area contributed by atoms with E-state index in [0.29, 0.717) is 75.2 Å². The quantitative estimate of drug-likeness (QED) is 0.0157. The number of nitrogens with zero attached hydrogens (tertiary/aromatic N) is 2. The lowest BCUT2D eigenvalue weighted by Crippen LogP contribution is -2.46. The van der Waals surface area contributed by atoms with Gasteiger partial charge in [-0.2, -0.15) is 22.6 Å². The molecule has 36 heteroatoms. The topological polar surface area (TPSA) is 494 Å². The van der Waals surface area contributed by atoms with Crippen molar-refractivity contribution in [3.05, 3.63) is 172 Å². The number of aliphatic carboxylic acids is 2. The van der Waals surface area contributed by atoms with E-state index in [-0.39, 0.29) is 75.5 Å². The van der Waals surface area contributed by atoms with Crippen LogP contribution in [0, 0.1) is 5.92 Å². The second-order valence-corrected chi connectivity index (χ2v) is 29.9. The van der Waals surface area contributed by atoms with E-state index in [1.165, 1.54) is 0 Å². The first kappa shape index (κ1) is 91.4. The summed E-state index contributed by atoms with van der Waals surface area (Å²) in [5, 5.41) is 27.7. The third-order valence-corrected chi connectivity index (χ3v) is 18.8. The first-order valence-electron chi connectivity index (χ1n) is 33.5. The van der Waals surface area contributed by atoms with Crippen molar-refractivity contribution >= 4 is 111 Å². The summed E-state index contributed by atoms with van der Waals surface area (Å²) in [6, 6.07) is 29.3. The molecule has 3 amide bonds. The molecular weight excluding hydrogens is 1500 g/mol. The number of carbonyl (C=O) groups excluding carboxylic acids is 6. The SMILES string of the molecule is CCNC(=O)N[C@@H](CCC(=O)CCCCC(=O)N[C@@H](Cc1ccccc1)C(=O)C[C@@H](Cc1ccc(OC2=C(C=CC3=[N+](CCCCS(=O)(=O)O)c4ccccc4C3(C)C)CCCC2=CC=C2N(CCCCS(=O)(=O)[O-])c3ccccc3C2(C)C)cc1)C(=O)O)C(=O)O.O=C=O.O=S(=O)=O.O=S(=O)=O.O=S(=O)=O. The van der Waals surface area contributed by atoms with E-state index in [1.807, 2.05) is 54.6 Å². The van der Waals surface area contributed by atoms with Gasteiger partial charge in [0.1, 0.15) is 29.9 Å². The summed E-state index contributed by atoms with van der Waals surface area (Å²) in [4.78, 5) is 95.2. The molecule has 0 spiro atoms. The van der Waals surface area contributed by atoms with Crippen LogP contribution >= 0.6 is 0 Å². The van der Waals surface area contributed by atoms with E-state index >= 15 is 0 Å². The number of carboxylic acid groups (broad SMARTS) is 2. The van der Waals surface area contributed by atoms with Crippen molar-refractivity contribution in [3.63, 3.8) is 0 Å². The average molecular weight is 1590 g/mol. The van der Waals surface area contributed by atoms with Crippen LogP contribution in [0.1, 0.15) is 147 Å². The number of unbranched alkanes of at least 4 members (excludes halogenated alkanes) is 3. The van der Waals surface area contributed by atoms with Gasteiger partial charge in [0.25, 0.3) is 10.1 Å². The molecule has 6 N–H and O–H groups in total. The van der Waals surface area contributed by atoms with Gasteiger partial charge in [0.05, 0.1) is 33.2 Å². The standard InChI is InChI=1S/C70H87N5O15S2.CO2.3O3S/c1-6-71-68(83)73-57(67(81)82)38-35-53(76)25-10-15-30-64(78)72-58(46-48-21-8-7-9-22-48)61(77)47-52(66(79)80)45-49-31-36-54(37-32-49)90-65-50(33-39-62-69(2,3)55-26-11-13-28-59(55)74(62)41-16-18-43-91(84,85)86)23-20-24-51(65)34-40-63-70(4,5)56-27-12-14-29-60(56)75(63)42-17-19-44-92(87,88)89;2-1-3;3*1-4(2)3/h7-9,11-14,21-22,26-29,31-34,36-37,39-40,52,57-58H,6,10,15-20,23-25,30,35,38,41-47H2,1-5H3,(H6-,71,72,73,78,79,80,81,82,83,84,85,86,87,88,89);;;;/t52-,57+,58+;;;;/m1..../s1. The molecular formula is C71H87N5O26S5. The number of fused-ring (bicyclic) bond motifs is 2. The molecule has 31 nitrogen and oxygen atoms in total. The third-order valence-electron chi connectivity index (χ3n) is 17.2. The summed E-state index contributed by atoms with van der Waals surface area (Å²) >= 11 is 0. The fourth-order valence-electron chi connectivity index (χ4n) is 12.3. The van der Waals surface area contributed by atoms with E-state index in [4.69, 9.17) is 52.2 Å². The number of ketones is 2. The number of para-hydroxylation sites is 2. The number of hydrogen-bond donors (Lipinski definition) is 6. The second kappa shape index (κ2) is 45.0. The number of benzene rings is 4. The smallest absolute Gasteiger partial charge is 0.425 e. The van der Waals surface area contributed by atoms with Crippen LogP contribution < -0.4 is 25.6 Å². The maximum atomic E-state index is 14.2. The molecule has 2 aliphatic heterocycles. The predicted molar refractivity (Wildman–Crippen MR) is 386 cm³/mol. The zero-order valence-corrected chi connectivity index (χ0v) is 63.5. The van der Waals surface area contributed by atoms with Crippen molar-refractivity contribution in [1.82, 2.24) is 16.0 Å². The molecule has 0 aromatic heterocycles. The number of carboxylic acids is 2. The van der Waals surface area contributed by atoms with E-state index in [2.05, 4.69) is 89.6 Å². The van der Waals surface area contributed by atoms with Gasteiger partial charge in [-0.15, -0.1) is 37.9 Å². The number of amides is 3. The fraction of sp³-hybridized carbons (Fsp3) is 0.437. The normalized spacial score (nSPS) is 15.4. The Kier molecular flexibility index (Phi) is 38.4. The van der Waals surface area contributed by atoms with Crippen LogP contribution in [0.25, 0.3) is 0 Å². The number of nitrogens with one attached hydrogen (secondary N) is 3. The number of Topliss-reactive ketones (excluding diaryl/α,β-unsaturated/α-hetero) is 2. The molecule has 0 saturated carbocycles. The molecule has 0 bridgehead atoms. The fourth-order valence-corrected chi connectivity index (χ4v) is 13.5. The highest BCUT2D eigenvalue weighted by molar-refractivity contribution is 7.86. The molecule has 0 saturated heterocycles.